The van der Waals surface area contributed by atoms with E-state index in [1.807, 2.05) is 12.1 Å². The molecule has 6 heteroatoms. The van der Waals surface area contributed by atoms with E-state index in [-0.39, 0.29) is 11.1 Å². The number of amides is 2. The van der Waals surface area contributed by atoms with E-state index < -0.39 is 5.25 Å². The summed E-state index contributed by atoms with van der Waals surface area (Å²) in [7, 11) is 1.49. The van der Waals surface area contributed by atoms with Crippen LogP contribution < -0.4 is 10.5 Å². The number of thioether (sulfide) groups is 1. The van der Waals surface area contributed by atoms with Gasteiger partial charge in [0.15, 0.2) is 0 Å². The molecule has 1 saturated heterocycles. The molecule has 2 amide bonds. The Labute approximate surface area is 109 Å². The van der Waals surface area contributed by atoms with Gasteiger partial charge in [0.1, 0.15) is 17.6 Å². The number of benzene rings is 1. The van der Waals surface area contributed by atoms with Crippen molar-refractivity contribution in [3.63, 3.8) is 0 Å². The van der Waals surface area contributed by atoms with Crippen LogP contribution in [-0.4, -0.2) is 36.2 Å². The number of ether oxygens (including phenoxy) is 1. The molecule has 1 aromatic rings. The van der Waals surface area contributed by atoms with Gasteiger partial charge in [0.2, 0.25) is 5.91 Å². The van der Waals surface area contributed by atoms with E-state index in [4.69, 9.17) is 10.5 Å². The number of para-hydroxylation sites is 1. The van der Waals surface area contributed by atoms with Crippen molar-refractivity contribution in [3.8, 4) is 5.75 Å². The molecule has 0 bridgehead atoms. The lowest BCUT2D eigenvalue weighted by molar-refractivity contribution is -0.125. The van der Waals surface area contributed by atoms with Crippen molar-refractivity contribution >= 4 is 22.9 Å². The predicted molar refractivity (Wildman–Crippen MR) is 69.5 cm³/mol. The standard InChI is InChI=1S/C12H14N2O3S/c1-14-11(15)10(18-12(14)16)8-4-2-3-5-9(8)17-7-6-13/h2-5,10H,6-7,13H2,1H3. The van der Waals surface area contributed by atoms with E-state index in [1.165, 1.54) is 7.05 Å². The Balaban J connectivity index is 2.28. The fourth-order valence-corrected chi connectivity index (χ4v) is 2.72. The van der Waals surface area contributed by atoms with Crippen molar-refractivity contribution in [2.45, 2.75) is 5.25 Å². The molecule has 1 aliphatic heterocycles. The average Bonchev–Trinajstić information content (AvgIpc) is 2.64. The smallest absolute Gasteiger partial charge is 0.289 e. The van der Waals surface area contributed by atoms with Crippen LogP contribution in [0.5, 0.6) is 5.75 Å². The Kier molecular flexibility index (Phi) is 3.88. The number of rotatable bonds is 4. The number of imide groups is 1. The van der Waals surface area contributed by atoms with Crippen molar-refractivity contribution in [2.75, 3.05) is 20.2 Å². The van der Waals surface area contributed by atoms with Gasteiger partial charge < -0.3 is 10.5 Å². The molecule has 2 N–H and O–H groups in total. The van der Waals surface area contributed by atoms with Crippen molar-refractivity contribution < 1.29 is 14.3 Å². The van der Waals surface area contributed by atoms with Crippen LogP contribution in [0, 0.1) is 0 Å². The van der Waals surface area contributed by atoms with Gasteiger partial charge in [0, 0.05) is 19.2 Å². The monoisotopic (exact) mass is 266 g/mol. The van der Waals surface area contributed by atoms with Gasteiger partial charge >= 0.3 is 0 Å². The maximum atomic E-state index is 11.9. The van der Waals surface area contributed by atoms with E-state index in [2.05, 4.69) is 0 Å². The molecule has 96 valence electrons. The van der Waals surface area contributed by atoms with Crippen molar-refractivity contribution in [1.82, 2.24) is 4.90 Å². The third kappa shape index (κ3) is 2.34. The molecular formula is C12H14N2O3S. The Bertz CT molecular complexity index is 478. The summed E-state index contributed by atoms with van der Waals surface area (Å²) in [5.41, 5.74) is 6.11. The summed E-state index contributed by atoms with van der Waals surface area (Å²) >= 11 is 1.01. The molecule has 0 aromatic heterocycles. The number of nitrogens with zero attached hydrogens (tertiary/aromatic N) is 1. The average molecular weight is 266 g/mol. The van der Waals surface area contributed by atoms with Crippen molar-refractivity contribution in [1.29, 1.82) is 0 Å². The molecule has 2 rings (SSSR count). The molecule has 0 spiro atoms. The summed E-state index contributed by atoms with van der Waals surface area (Å²) in [5, 5.41) is -0.755. The summed E-state index contributed by atoms with van der Waals surface area (Å²) in [6, 6.07) is 7.22. The largest absolute Gasteiger partial charge is 0.492 e. The first-order valence-corrected chi connectivity index (χ1v) is 6.43. The molecule has 1 fully saturated rings. The molecule has 1 unspecified atom stereocenters. The lowest BCUT2D eigenvalue weighted by atomic mass is 10.1. The third-order valence-electron chi connectivity index (χ3n) is 2.62. The molecular weight excluding hydrogens is 252 g/mol. The molecule has 18 heavy (non-hydrogen) atoms. The molecule has 1 aliphatic rings. The Hall–Kier alpha value is -1.53. The second-order valence-corrected chi connectivity index (χ2v) is 4.89. The van der Waals surface area contributed by atoms with Gasteiger partial charge in [-0.3, -0.25) is 14.5 Å². The lowest BCUT2D eigenvalue weighted by Gasteiger charge is -2.13. The summed E-state index contributed by atoms with van der Waals surface area (Å²) in [6.45, 7) is 0.783. The number of hydrogen-bond acceptors (Lipinski definition) is 5. The van der Waals surface area contributed by atoms with E-state index in [0.29, 0.717) is 18.9 Å². The van der Waals surface area contributed by atoms with Crippen LogP contribution >= 0.6 is 11.8 Å². The minimum absolute atomic E-state index is 0.214. The zero-order valence-corrected chi connectivity index (χ0v) is 10.8. The van der Waals surface area contributed by atoms with Gasteiger partial charge in [-0.1, -0.05) is 18.2 Å². The summed E-state index contributed by atoms with van der Waals surface area (Å²) in [4.78, 5) is 24.6. The van der Waals surface area contributed by atoms with Gasteiger partial charge in [-0.15, -0.1) is 0 Å². The fraction of sp³-hybridized carbons (Fsp3) is 0.333. The second-order valence-electron chi connectivity index (χ2n) is 3.84. The Morgan fingerprint density at radius 3 is 2.72 bits per heavy atom. The number of likely N-dealkylation sites (N-methyl/N-ethyl adjacent to an activating group) is 1. The lowest BCUT2D eigenvalue weighted by Crippen LogP contribution is -2.24. The molecule has 0 aliphatic carbocycles. The van der Waals surface area contributed by atoms with Crippen molar-refractivity contribution in [2.24, 2.45) is 5.73 Å². The summed E-state index contributed by atoms with van der Waals surface area (Å²) in [5.74, 6) is 0.394. The van der Waals surface area contributed by atoms with Crippen LogP contribution in [0.3, 0.4) is 0 Å². The number of carbonyl (C=O) groups excluding carboxylic acids is 2. The molecule has 5 nitrogen and oxygen atoms in total. The van der Waals surface area contributed by atoms with E-state index >= 15 is 0 Å². The molecule has 0 radical (unpaired) electrons. The highest BCUT2D eigenvalue weighted by Crippen LogP contribution is 2.42. The molecule has 1 aromatic carbocycles. The second kappa shape index (κ2) is 5.41. The molecule has 1 heterocycles. The first-order chi connectivity index (χ1) is 8.65. The van der Waals surface area contributed by atoms with Crippen molar-refractivity contribution in [3.05, 3.63) is 29.8 Å². The highest BCUT2D eigenvalue weighted by Gasteiger charge is 2.39. The Morgan fingerprint density at radius 1 is 1.39 bits per heavy atom. The highest BCUT2D eigenvalue weighted by atomic mass is 32.2. The van der Waals surface area contributed by atoms with Gasteiger partial charge in [0.25, 0.3) is 5.24 Å². The minimum atomic E-state index is -0.517. The van der Waals surface area contributed by atoms with Crippen LogP contribution in [-0.2, 0) is 4.79 Å². The van der Waals surface area contributed by atoms with E-state index in [0.717, 1.165) is 22.2 Å². The van der Waals surface area contributed by atoms with Gasteiger partial charge in [-0.25, -0.2) is 0 Å². The van der Waals surface area contributed by atoms with Crippen LogP contribution in [0.4, 0.5) is 4.79 Å². The zero-order valence-electron chi connectivity index (χ0n) is 9.96. The predicted octanol–water partition coefficient (Wildman–Crippen LogP) is 1.39. The molecule has 0 saturated carbocycles. The highest BCUT2D eigenvalue weighted by molar-refractivity contribution is 8.14. The summed E-state index contributed by atoms with van der Waals surface area (Å²) in [6.07, 6.45) is 0. The van der Waals surface area contributed by atoms with E-state index in [9.17, 15) is 9.59 Å². The van der Waals surface area contributed by atoms with Crippen LogP contribution in [0.2, 0.25) is 0 Å². The quantitative estimate of drug-likeness (QED) is 0.891. The SMILES string of the molecule is CN1C(=O)SC(c2ccccc2OCCN)C1=O. The number of nitrogens with two attached hydrogens (primary N) is 1. The van der Waals surface area contributed by atoms with Gasteiger partial charge in [0.05, 0.1) is 0 Å². The first-order valence-electron chi connectivity index (χ1n) is 5.55. The third-order valence-corrected chi connectivity index (χ3v) is 3.79. The number of carbonyl (C=O) groups is 2. The maximum absolute atomic E-state index is 11.9. The van der Waals surface area contributed by atoms with Crippen LogP contribution in [0.15, 0.2) is 24.3 Å². The maximum Gasteiger partial charge on any atom is 0.289 e. The molecule has 1 atom stereocenters. The first kappa shape index (κ1) is 12.9. The number of hydrogen-bond donors (Lipinski definition) is 1. The summed E-state index contributed by atoms with van der Waals surface area (Å²) < 4.78 is 5.50. The van der Waals surface area contributed by atoms with Gasteiger partial charge in [-0.05, 0) is 17.8 Å². The Morgan fingerprint density at radius 2 is 2.11 bits per heavy atom. The minimum Gasteiger partial charge on any atom is -0.492 e. The normalized spacial score (nSPS) is 19.4. The zero-order chi connectivity index (χ0) is 13.1. The topological polar surface area (TPSA) is 72.6 Å². The van der Waals surface area contributed by atoms with E-state index in [1.54, 1.807) is 12.1 Å². The van der Waals surface area contributed by atoms with Crippen LogP contribution in [0.25, 0.3) is 0 Å². The van der Waals surface area contributed by atoms with Gasteiger partial charge in [-0.2, -0.15) is 0 Å². The van der Waals surface area contributed by atoms with Crippen LogP contribution in [0.1, 0.15) is 10.8 Å². The fourth-order valence-electron chi connectivity index (χ4n) is 1.69.